The fourth-order valence-corrected chi connectivity index (χ4v) is 10.1. The Labute approximate surface area is 383 Å². The molecule has 0 radical (unpaired) electrons. The zero-order valence-corrected chi connectivity index (χ0v) is 38.5. The van der Waals surface area contributed by atoms with Gasteiger partial charge in [0.15, 0.2) is 5.11 Å². The Morgan fingerprint density at radius 1 is 0.954 bits per heavy atom. The maximum atomic E-state index is 14.0. The third-order valence-corrected chi connectivity index (χ3v) is 13.6. The Morgan fingerprint density at radius 3 is 2.22 bits per heavy atom. The smallest absolute Gasteiger partial charge is 0.374 e. The van der Waals surface area contributed by atoms with E-state index >= 15 is 0 Å². The van der Waals surface area contributed by atoms with Gasteiger partial charge in [-0.3, -0.25) is 29.4 Å². The molecule has 3 aliphatic rings. The van der Waals surface area contributed by atoms with Gasteiger partial charge in [0.05, 0.1) is 28.4 Å². The molecular formula is C48H56F3N9O4S. The summed E-state index contributed by atoms with van der Waals surface area (Å²) < 4.78 is 43.6. The highest BCUT2D eigenvalue weighted by Gasteiger charge is 2.51. The molecule has 0 bridgehead atoms. The van der Waals surface area contributed by atoms with Gasteiger partial charge < -0.3 is 29.1 Å². The van der Waals surface area contributed by atoms with Crippen LogP contribution in [0.25, 0.3) is 10.9 Å². The molecule has 0 spiro atoms. The lowest BCUT2D eigenvalue weighted by molar-refractivity contribution is -0.137. The van der Waals surface area contributed by atoms with E-state index in [9.17, 15) is 37.6 Å². The van der Waals surface area contributed by atoms with Crippen molar-refractivity contribution in [1.82, 2.24) is 19.7 Å². The number of carbonyl (C=O) groups is 4. The average molecular weight is 912 g/mol. The van der Waals surface area contributed by atoms with Gasteiger partial charge in [0.1, 0.15) is 5.54 Å². The summed E-state index contributed by atoms with van der Waals surface area (Å²) in [5, 5.41) is 12.5. The number of rotatable bonds is 13. The number of alkyl halides is 3. The fraction of sp³-hybridized carbons (Fsp3) is 0.458. The Hall–Kier alpha value is -5.99. The van der Waals surface area contributed by atoms with Crippen LogP contribution in [0, 0.1) is 17.2 Å². The molecule has 3 aliphatic heterocycles. The van der Waals surface area contributed by atoms with Crippen LogP contribution in [0.1, 0.15) is 87.3 Å². The second kappa shape index (κ2) is 18.9. The van der Waals surface area contributed by atoms with Crippen LogP contribution in [0.3, 0.4) is 0 Å². The quantitative estimate of drug-likeness (QED) is 0.106. The number of hydrogen-bond acceptors (Lipinski definition) is 9. The number of likely N-dealkylation sites (tertiary alicyclic amines) is 1. The third-order valence-electron chi connectivity index (χ3n) is 13.3. The lowest BCUT2D eigenvalue weighted by atomic mass is 9.92. The molecule has 0 saturated carbocycles. The van der Waals surface area contributed by atoms with E-state index in [0.717, 1.165) is 91.2 Å². The Kier molecular flexibility index (Phi) is 13.6. The minimum absolute atomic E-state index is 0.0475. The molecule has 3 saturated heterocycles. The van der Waals surface area contributed by atoms with Crippen LogP contribution in [-0.2, 0) is 20.6 Å². The van der Waals surface area contributed by atoms with E-state index in [0.29, 0.717) is 42.7 Å². The number of nitrogens with one attached hydrogen (secondary N) is 1. The van der Waals surface area contributed by atoms with Crippen LogP contribution in [0.15, 0.2) is 66.9 Å². The van der Waals surface area contributed by atoms with Crippen LogP contribution in [-0.4, -0.2) is 109 Å². The highest BCUT2D eigenvalue weighted by Crippen LogP contribution is 2.40. The lowest BCUT2D eigenvalue weighted by Gasteiger charge is -2.43. The van der Waals surface area contributed by atoms with Gasteiger partial charge in [-0.2, -0.15) is 18.4 Å². The van der Waals surface area contributed by atoms with Crippen molar-refractivity contribution in [2.24, 2.45) is 5.92 Å². The van der Waals surface area contributed by atoms with Crippen molar-refractivity contribution in [3.05, 3.63) is 83.6 Å². The van der Waals surface area contributed by atoms with Gasteiger partial charge in [-0.15, -0.1) is 0 Å². The van der Waals surface area contributed by atoms with Gasteiger partial charge in [0.2, 0.25) is 12.3 Å². The summed E-state index contributed by atoms with van der Waals surface area (Å²) in [6.45, 7) is 12.3. The summed E-state index contributed by atoms with van der Waals surface area (Å²) in [5.41, 5.74) is 1.19. The lowest BCUT2D eigenvalue weighted by Crippen LogP contribution is -2.48. The first-order valence-electron chi connectivity index (χ1n) is 22.1. The molecule has 13 nitrogen and oxygen atoms in total. The standard InChI is InChI=1S/C48H56F3N9O4S/c1-31(2)58-24-17-39-41(54(5)19-18-43(62)53-30-61)25-34(26-42(39)58)44(63)55(6)29-32-13-20-56(21-14-32)36-15-22-57(23-16-36)35-9-11-37(12-10-35)60-46(65)59(45(64)47(60,3)4)38-8-7-33(28-52)40(27-38)48(49,50)51/h7-12,17,24-27,30-32,36H,13-16,18-23,29H2,1-6H3,(H,53,61,62). The highest BCUT2D eigenvalue weighted by atomic mass is 32.1. The molecule has 0 atom stereocenters. The predicted octanol–water partition coefficient (Wildman–Crippen LogP) is 7.58. The second-order valence-corrected chi connectivity index (χ2v) is 18.5. The van der Waals surface area contributed by atoms with Crippen LogP contribution in [0.5, 0.6) is 0 Å². The van der Waals surface area contributed by atoms with Crippen molar-refractivity contribution in [3.8, 4) is 6.07 Å². The van der Waals surface area contributed by atoms with Gasteiger partial charge in [-0.25, -0.2) is 0 Å². The SMILES string of the molecule is CC(C)n1ccc2c(N(C)CCC(=O)NC=O)cc(C(=O)N(C)CC3CCN(C4CCN(c5ccc(N6C(=S)N(c7ccc(C#N)c(C(F)(F)F)c7)C(=O)C6(C)C)cc5)CC4)CC3)cc21. The first-order chi connectivity index (χ1) is 30.8. The van der Waals surface area contributed by atoms with E-state index < -0.39 is 28.7 Å². The number of anilines is 4. The Balaban J connectivity index is 0.929. The summed E-state index contributed by atoms with van der Waals surface area (Å²) in [4.78, 5) is 62.0. The second-order valence-electron chi connectivity index (χ2n) is 18.2. The molecule has 3 aromatic carbocycles. The fourth-order valence-electron chi connectivity index (χ4n) is 9.61. The van der Waals surface area contributed by atoms with Crippen LogP contribution >= 0.6 is 12.2 Å². The van der Waals surface area contributed by atoms with Crippen molar-refractivity contribution in [2.75, 3.05) is 73.0 Å². The van der Waals surface area contributed by atoms with Gasteiger partial charge in [0.25, 0.3) is 11.8 Å². The number of aromatic nitrogens is 1. The number of nitrogens with zero attached hydrogens (tertiary/aromatic N) is 8. The molecule has 4 heterocycles. The molecule has 1 N–H and O–H groups in total. The molecule has 1 aromatic heterocycles. The minimum atomic E-state index is -4.78. The normalized spacial score (nSPS) is 17.5. The molecular weight excluding hydrogens is 856 g/mol. The van der Waals surface area contributed by atoms with Crippen LogP contribution in [0.4, 0.5) is 35.9 Å². The zero-order chi connectivity index (χ0) is 47.0. The number of fused-ring (bicyclic) bond motifs is 1. The van der Waals surface area contributed by atoms with Gasteiger partial charge in [-0.05, 0) is 145 Å². The Bertz CT molecular complexity index is 2500. The van der Waals surface area contributed by atoms with Crippen molar-refractivity contribution in [3.63, 3.8) is 0 Å². The van der Waals surface area contributed by atoms with Crippen molar-refractivity contribution in [2.45, 2.75) is 83.6 Å². The zero-order valence-electron chi connectivity index (χ0n) is 37.7. The van der Waals surface area contributed by atoms with Crippen molar-refractivity contribution < 1.29 is 32.3 Å². The third kappa shape index (κ3) is 9.55. The molecule has 17 heteroatoms. The van der Waals surface area contributed by atoms with E-state index in [1.165, 1.54) is 6.07 Å². The average Bonchev–Trinajstić information content (AvgIpc) is 3.79. The van der Waals surface area contributed by atoms with E-state index in [2.05, 4.69) is 33.5 Å². The van der Waals surface area contributed by atoms with Crippen LogP contribution < -0.4 is 24.9 Å². The van der Waals surface area contributed by atoms with E-state index in [1.54, 1.807) is 24.8 Å². The van der Waals surface area contributed by atoms with E-state index in [4.69, 9.17) is 12.2 Å². The number of benzene rings is 3. The van der Waals surface area contributed by atoms with Gasteiger partial charge in [0, 0.05) is 93.0 Å². The Morgan fingerprint density at radius 2 is 1.60 bits per heavy atom. The molecule has 65 heavy (non-hydrogen) atoms. The summed E-state index contributed by atoms with van der Waals surface area (Å²) in [5.74, 6) is -0.508. The summed E-state index contributed by atoms with van der Waals surface area (Å²) >= 11 is 5.73. The van der Waals surface area contributed by atoms with E-state index in [1.807, 2.05) is 72.6 Å². The van der Waals surface area contributed by atoms with Crippen molar-refractivity contribution >= 4 is 75.1 Å². The van der Waals surface area contributed by atoms with Gasteiger partial charge >= 0.3 is 6.18 Å². The first kappa shape index (κ1) is 47.0. The van der Waals surface area contributed by atoms with E-state index in [-0.39, 0.29) is 35.1 Å². The maximum Gasteiger partial charge on any atom is 0.417 e. The molecule has 0 unspecified atom stereocenters. The highest BCUT2D eigenvalue weighted by molar-refractivity contribution is 7.81. The number of hydrogen-bond donors (Lipinski definition) is 1. The summed E-state index contributed by atoms with van der Waals surface area (Å²) in [6.07, 6.45) is 1.76. The number of piperidine rings is 2. The summed E-state index contributed by atoms with van der Waals surface area (Å²) in [6, 6.07) is 19.1. The van der Waals surface area contributed by atoms with Crippen LogP contribution in [0.2, 0.25) is 0 Å². The summed E-state index contributed by atoms with van der Waals surface area (Å²) in [7, 11) is 3.76. The molecule has 344 valence electrons. The molecule has 4 amide bonds. The number of thiocarbonyl (C=S) groups is 1. The predicted molar refractivity (Wildman–Crippen MR) is 250 cm³/mol. The molecule has 7 rings (SSSR count). The van der Waals surface area contributed by atoms with Gasteiger partial charge in [-0.1, -0.05) is 0 Å². The topological polar surface area (TPSA) is 128 Å². The van der Waals surface area contributed by atoms with Crippen molar-refractivity contribution in [1.29, 1.82) is 5.26 Å². The number of amides is 4. The number of nitriles is 1. The maximum absolute atomic E-state index is 14.0. The number of imide groups is 1. The molecule has 0 aliphatic carbocycles. The minimum Gasteiger partial charge on any atom is -0.374 e. The number of halogens is 3. The molecule has 3 fully saturated rings. The monoisotopic (exact) mass is 911 g/mol. The number of carbonyl (C=O) groups excluding carboxylic acids is 4. The molecule has 4 aromatic rings. The largest absolute Gasteiger partial charge is 0.417 e. The first-order valence-corrected chi connectivity index (χ1v) is 22.5.